The van der Waals surface area contributed by atoms with Gasteiger partial charge in [0, 0.05) is 78.5 Å². The minimum atomic E-state index is 1.08. The van der Waals surface area contributed by atoms with Gasteiger partial charge in [0.1, 0.15) is 0 Å². The Balaban J connectivity index is 1.11. The smallest absolute Gasteiger partial charge is 0.0234 e. The summed E-state index contributed by atoms with van der Waals surface area (Å²) in [5.41, 5.74) is 2.97. The van der Waals surface area contributed by atoms with E-state index >= 15 is 0 Å². The standard InChI is InChI=1S/C34H61N7/c1-35-13-6-16-37-27-29-39(30-28-37)18-8-20-41(22-21-35)32-34-11-9-33(10-12-34)31-40-15-5-3-2-4-14-36-23-25-38(26-24-36)17-7-19-40/h9-12H,2-8,13-32H2,1H3. The Morgan fingerprint density at radius 3 is 1.22 bits per heavy atom. The normalized spacial score (nSPS) is 31.4. The minimum absolute atomic E-state index is 1.08. The molecule has 0 radical (unpaired) electrons. The SMILES string of the molecule is CN1CCCN2CCN(CCCN(Cc3ccc(CN4CCCCCCN5CCN(CCC4)CC5)cc3)CC1)CC2. The number of fused-ring (bicyclic) bond motifs is 22. The van der Waals surface area contributed by atoms with Gasteiger partial charge in [0.25, 0.3) is 0 Å². The van der Waals surface area contributed by atoms with Crippen molar-refractivity contribution in [2.45, 2.75) is 58.0 Å². The summed E-state index contributed by atoms with van der Waals surface area (Å²) >= 11 is 0. The summed E-state index contributed by atoms with van der Waals surface area (Å²) in [4.78, 5) is 18.8. The molecular formula is C34H61N7. The van der Waals surface area contributed by atoms with Crippen LogP contribution in [0.2, 0.25) is 0 Å². The van der Waals surface area contributed by atoms with E-state index in [1.165, 1.54) is 174 Å². The molecule has 41 heavy (non-hydrogen) atoms. The Morgan fingerprint density at radius 2 is 0.732 bits per heavy atom. The molecule has 0 atom stereocenters. The molecule has 7 nitrogen and oxygen atoms in total. The summed E-state index contributed by atoms with van der Waals surface area (Å²) < 4.78 is 0. The number of likely N-dealkylation sites (N-methyl/N-ethyl adjacent to an activating group) is 1. The van der Waals surface area contributed by atoms with Gasteiger partial charge in [-0.15, -0.1) is 0 Å². The number of benzene rings is 1. The van der Waals surface area contributed by atoms with Gasteiger partial charge >= 0.3 is 0 Å². The first-order valence-electron chi connectivity index (χ1n) is 17.3. The molecule has 6 fully saturated rings. The van der Waals surface area contributed by atoms with Gasteiger partial charge < -0.3 is 24.5 Å². The van der Waals surface area contributed by atoms with E-state index < -0.39 is 0 Å². The molecule has 6 aliphatic rings. The Hall–Kier alpha value is -1.06. The summed E-state index contributed by atoms with van der Waals surface area (Å²) in [6.07, 6.45) is 9.39. The highest BCUT2D eigenvalue weighted by Crippen LogP contribution is 2.15. The highest BCUT2D eigenvalue weighted by molar-refractivity contribution is 5.22. The van der Waals surface area contributed by atoms with E-state index in [0.29, 0.717) is 0 Å². The highest BCUT2D eigenvalue weighted by atomic mass is 15.3. The third kappa shape index (κ3) is 11.2. The zero-order chi connectivity index (χ0) is 28.1. The fourth-order valence-electron chi connectivity index (χ4n) is 7.33. The third-order valence-corrected chi connectivity index (χ3v) is 10.2. The third-order valence-electron chi connectivity index (χ3n) is 10.2. The number of piperazine rings is 2. The van der Waals surface area contributed by atoms with Crippen LogP contribution in [0.3, 0.4) is 0 Å². The summed E-state index contributed by atoms with van der Waals surface area (Å²) in [5.74, 6) is 0. The van der Waals surface area contributed by atoms with Crippen molar-refractivity contribution in [1.82, 2.24) is 34.3 Å². The van der Waals surface area contributed by atoms with Crippen LogP contribution in [0.5, 0.6) is 0 Å². The molecule has 0 aliphatic carbocycles. The monoisotopic (exact) mass is 567 g/mol. The zero-order valence-electron chi connectivity index (χ0n) is 26.5. The van der Waals surface area contributed by atoms with Crippen LogP contribution < -0.4 is 0 Å². The number of hydrogen-bond acceptors (Lipinski definition) is 7. The van der Waals surface area contributed by atoms with Crippen molar-refractivity contribution in [2.24, 2.45) is 0 Å². The van der Waals surface area contributed by atoms with E-state index in [1.54, 1.807) is 0 Å². The molecular weight excluding hydrogens is 506 g/mol. The average Bonchev–Trinajstić information content (AvgIpc) is 2.99. The maximum atomic E-state index is 2.74. The lowest BCUT2D eigenvalue weighted by Gasteiger charge is -2.36. The van der Waals surface area contributed by atoms with Crippen molar-refractivity contribution >= 4 is 0 Å². The Labute approximate surface area is 252 Å². The molecule has 0 amide bonds. The van der Waals surface area contributed by atoms with Gasteiger partial charge in [-0.2, -0.15) is 0 Å². The highest BCUT2D eigenvalue weighted by Gasteiger charge is 2.19. The van der Waals surface area contributed by atoms with Crippen LogP contribution in [0.15, 0.2) is 24.3 Å². The summed E-state index contributed by atoms with van der Waals surface area (Å²) in [6.45, 7) is 24.7. The molecule has 7 heteroatoms. The predicted molar refractivity (Wildman–Crippen MR) is 173 cm³/mol. The first-order chi connectivity index (χ1) is 20.2. The van der Waals surface area contributed by atoms with Crippen LogP contribution in [-0.4, -0.2) is 159 Å². The van der Waals surface area contributed by atoms with E-state index in [0.717, 1.165) is 13.1 Å². The Morgan fingerprint density at radius 1 is 0.366 bits per heavy atom. The quantitative estimate of drug-likeness (QED) is 0.551. The van der Waals surface area contributed by atoms with Crippen LogP contribution in [0.1, 0.15) is 56.1 Å². The molecule has 1 aromatic carbocycles. The number of hydrogen-bond donors (Lipinski definition) is 0. The molecule has 4 bridgehead atoms. The van der Waals surface area contributed by atoms with Crippen LogP contribution in [0, 0.1) is 0 Å². The first-order valence-corrected chi connectivity index (χ1v) is 17.3. The fraction of sp³-hybridized carbons (Fsp3) is 0.824. The van der Waals surface area contributed by atoms with Gasteiger partial charge in [-0.25, -0.2) is 0 Å². The average molecular weight is 568 g/mol. The topological polar surface area (TPSA) is 22.7 Å². The van der Waals surface area contributed by atoms with E-state index in [1.807, 2.05) is 0 Å². The zero-order valence-corrected chi connectivity index (χ0v) is 26.5. The van der Waals surface area contributed by atoms with Crippen molar-refractivity contribution in [3.05, 3.63) is 35.4 Å². The molecule has 0 unspecified atom stereocenters. The molecule has 0 N–H and O–H groups in total. The largest absolute Gasteiger partial charge is 0.305 e. The van der Waals surface area contributed by atoms with Crippen molar-refractivity contribution < 1.29 is 0 Å². The summed E-state index contributed by atoms with van der Waals surface area (Å²) in [7, 11) is 2.32. The second-order valence-corrected chi connectivity index (χ2v) is 13.5. The minimum Gasteiger partial charge on any atom is -0.305 e. The molecule has 232 valence electrons. The second kappa shape index (κ2) is 17.3. The molecule has 0 saturated carbocycles. The summed E-state index contributed by atoms with van der Waals surface area (Å²) in [5, 5.41) is 0. The lowest BCUT2D eigenvalue weighted by Crippen LogP contribution is -2.48. The van der Waals surface area contributed by atoms with E-state index in [-0.39, 0.29) is 0 Å². The molecule has 7 rings (SSSR count). The van der Waals surface area contributed by atoms with Gasteiger partial charge in [0.15, 0.2) is 0 Å². The van der Waals surface area contributed by atoms with Crippen molar-refractivity contribution in [2.75, 3.05) is 125 Å². The van der Waals surface area contributed by atoms with Crippen LogP contribution in [0.25, 0.3) is 0 Å². The van der Waals surface area contributed by atoms with E-state index in [9.17, 15) is 0 Å². The lowest BCUT2D eigenvalue weighted by atomic mass is 10.1. The van der Waals surface area contributed by atoms with Crippen molar-refractivity contribution in [1.29, 1.82) is 0 Å². The van der Waals surface area contributed by atoms with Gasteiger partial charge in [0.2, 0.25) is 0 Å². The van der Waals surface area contributed by atoms with Crippen LogP contribution >= 0.6 is 0 Å². The van der Waals surface area contributed by atoms with E-state index in [2.05, 4.69) is 65.6 Å². The first kappa shape index (κ1) is 31.4. The molecule has 0 spiro atoms. The molecule has 0 aromatic heterocycles. The van der Waals surface area contributed by atoms with Crippen LogP contribution in [0.4, 0.5) is 0 Å². The Kier molecular flexibility index (Phi) is 13.2. The number of rotatable bonds is 4. The lowest BCUT2D eigenvalue weighted by molar-refractivity contribution is 0.115. The fourth-order valence-corrected chi connectivity index (χ4v) is 7.33. The molecule has 1 aromatic rings. The second-order valence-electron chi connectivity index (χ2n) is 13.5. The maximum absolute atomic E-state index is 2.74. The van der Waals surface area contributed by atoms with Gasteiger partial charge in [-0.1, -0.05) is 37.1 Å². The van der Waals surface area contributed by atoms with Gasteiger partial charge in [-0.05, 0) is 103 Å². The molecule has 6 aliphatic heterocycles. The van der Waals surface area contributed by atoms with Gasteiger partial charge in [0.05, 0.1) is 0 Å². The Bertz CT molecular complexity index is 829. The number of nitrogens with zero attached hydrogens (tertiary/aromatic N) is 7. The summed E-state index contributed by atoms with van der Waals surface area (Å²) in [6, 6.07) is 9.70. The van der Waals surface area contributed by atoms with E-state index in [4.69, 9.17) is 0 Å². The van der Waals surface area contributed by atoms with Gasteiger partial charge in [-0.3, -0.25) is 9.80 Å². The molecule has 6 heterocycles. The molecule has 6 saturated heterocycles. The maximum Gasteiger partial charge on any atom is 0.0234 e. The van der Waals surface area contributed by atoms with Crippen LogP contribution in [-0.2, 0) is 13.1 Å². The predicted octanol–water partition coefficient (Wildman–Crippen LogP) is 3.22. The van der Waals surface area contributed by atoms with Crippen molar-refractivity contribution in [3.63, 3.8) is 0 Å². The van der Waals surface area contributed by atoms with Crippen molar-refractivity contribution in [3.8, 4) is 0 Å².